The van der Waals surface area contributed by atoms with Gasteiger partial charge >= 0.3 is 0 Å². The Morgan fingerprint density at radius 3 is 2.64 bits per heavy atom. The molecule has 9 nitrogen and oxygen atoms in total. The molecule has 0 radical (unpaired) electrons. The molecule has 0 aliphatic carbocycles. The molecule has 3 heterocycles. The Hall–Kier alpha value is -2.17. The Kier molecular flexibility index (Phi) is 7.87. The Bertz CT molecular complexity index is 960. The first-order valence-corrected chi connectivity index (χ1v) is 12.3. The Balaban J connectivity index is 1.38. The van der Waals surface area contributed by atoms with Crippen LogP contribution in [0.4, 0.5) is 0 Å². The van der Waals surface area contributed by atoms with Gasteiger partial charge in [-0.05, 0) is 48.0 Å². The fraction of sp³-hybridized carbons (Fsp3) is 0.609. The van der Waals surface area contributed by atoms with Crippen molar-refractivity contribution in [2.75, 3.05) is 67.1 Å². The van der Waals surface area contributed by atoms with Gasteiger partial charge < -0.3 is 19.3 Å². The molecule has 2 aromatic rings. The number of carbonyl (C=O) groups is 1. The summed E-state index contributed by atoms with van der Waals surface area (Å²) in [5, 5.41) is 8.81. The second-order valence-corrected chi connectivity index (χ2v) is 9.69. The SMILES string of the molecule is COc1cc(C(=O)N2CCCC(c3cn(CCN4CCN(C)CC4)nn3)C2)cc(Br)c1OC. The molecule has 0 spiro atoms. The van der Waals surface area contributed by atoms with Crippen molar-refractivity contribution < 1.29 is 14.3 Å². The van der Waals surface area contributed by atoms with Gasteiger partial charge in [-0.25, -0.2) is 0 Å². The van der Waals surface area contributed by atoms with Crippen molar-refractivity contribution >= 4 is 21.8 Å². The van der Waals surface area contributed by atoms with E-state index in [-0.39, 0.29) is 11.8 Å². The van der Waals surface area contributed by atoms with E-state index in [1.54, 1.807) is 26.4 Å². The predicted octanol–water partition coefficient (Wildman–Crippen LogP) is 2.33. The molecule has 2 fully saturated rings. The summed E-state index contributed by atoms with van der Waals surface area (Å²) in [4.78, 5) is 20.0. The van der Waals surface area contributed by atoms with Gasteiger partial charge in [-0.15, -0.1) is 5.10 Å². The van der Waals surface area contributed by atoms with Gasteiger partial charge in [-0.3, -0.25) is 14.4 Å². The number of piperidine rings is 1. The van der Waals surface area contributed by atoms with Crippen molar-refractivity contribution in [3.8, 4) is 11.5 Å². The molecule has 10 heteroatoms. The van der Waals surface area contributed by atoms with Gasteiger partial charge in [0.1, 0.15) is 0 Å². The number of hydrogen-bond donors (Lipinski definition) is 0. The van der Waals surface area contributed by atoms with Crippen LogP contribution in [-0.2, 0) is 6.54 Å². The van der Waals surface area contributed by atoms with Gasteiger partial charge in [-0.2, -0.15) is 0 Å². The first-order valence-electron chi connectivity index (χ1n) is 11.5. The van der Waals surface area contributed by atoms with Gasteiger partial charge in [-0.1, -0.05) is 5.21 Å². The zero-order valence-corrected chi connectivity index (χ0v) is 21.3. The minimum absolute atomic E-state index is 0.0104. The third-order valence-electron chi connectivity index (χ3n) is 6.60. The van der Waals surface area contributed by atoms with Crippen LogP contribution in [0.5, 0.6) is 11.5 Å². The zero-order chi connectivity index (χ0) is 23.4. The highest BCUT2D eigenvalue weighted by molar-refractivity contribution is 9.10. The molecule has 0 saturated carbocycles. The van der Waals surface area contributed by atoms with Crippen LogP contribution in [0.25, 0.3) is 0 Å². The summed E-state index contributed by atoms with van der Waals surface area (Å²) < 4.78 is 13.4. The number of likely N-dealkylation sites (tertiary alicyclic amines) is 1. The van der Waals surface area contributed by atoms with Crippen LogP contribution in [0, 0.1) is 0 Å². The number of amides is 1. The molecule has 1 aromatic heterocycles. The van der Waals surface area contributed by atoms with E-state index >= 15 is 0 Å². The van der Waals surface area contributed by atoms with Gasteiger partial charge in [0.2, 0.25) is 0 Å². The van der Waals surface area contributed by atoms with E-state index in [0.717, 1.165) is 64.3 Å². The van der Waals surface area contributed by atoms with Crippen molar-refractivity contribution in [2.24, 2.45) is 0 Å². The van der Waals surface area contributed by atoms with E-state index in [9.17, 15) is 4.79 Å². The maximum Gasteiger partial charge on any atom is 0.254 e. The number of hydrogen-bond acceptors (Lipinski definition) is 7. The van der Waals surface area contributed by atoms with E-state index in [4.69, 9.17) is 9.47 Å². The number of piperazine rings is 1. The fourth-order valence-corrected chi connectivity index (χ4v) is 5.16. The third kappa shape index (κ3) is 5.67. The maximum atomic E-state index is 13.3. The van der Waals surface area contributed by atoms with Crippen molar-refractivity contribution in [1.29, 1.82) is 0 Å². The van der Waals surface area contributed by atoms with E-state index in [0.29, 0.717) is 28.1 Å². The summed E-state index contributed by atoms with van der Waals surface area (Å²) in [6, 6.07) is 3.53. The van der Waals surface area contributed by atoms with Gasteiger partial charge in [0.25, 0.3) is 5.91 Å². The molecule has 4 rings (SSSR count). The summed E-state index contributed by atoms with van der Waals surface area (Å²) in [5.41, 5.74) is 1.55. The standard InChI is InChI=1S/C23H33BrN6O3/c1-27-7-9-28(10-8-27)11-12-30-16-20(25-26-30)17-5-4-6-29(15-17)23(31)18-13-19(24)22(33-3)21(14-18)32-2/h13-14,16-17H,4-12,15H2,1-3H3. The van der Waals surface area contributed by atoms with Crippen molar-refractivity contribution in [3.05, 3.63) is 34.1 Å². The molecule has 180 valence electrons. The normalized spacial score (nSPS) is 20.1. The number of likely N-dealkylation sites (N-methyl/N-ethyl adjacent to an activating group) is 1. The number of methoxy groups -OCH3 is 2. The van der Waals surface area contributed by atoms with Crippen LogP contribution in [0.2, 0.25) is 0 Å². The summed E-state index contributed by atoms with van der Waals surface area (Å²) in [7, 11) is 5.32. The van der Waals surface area contributed by atoms with Crippen LogP contribution in [0.3, 0.4) is 0 Å². The number of benzene rings is 1. The van der Waals surface area contributed by atoms with E-state index in [1.807, 2.05) is 9.58 Å². The molecule has 1 aromatic carbocycles. The van der Waals surface area contributed by atoms with E-state index in [2.05, 4.69) is 49.3 Å². The zero-order valence-electron chi connectivity index (χ0n) is 19.7. The first-order chi connectivity index (χ1) is 16.0. The minimum Gasteiger partial charge on any atom is -0.493 e. The number of nitrogens with zero attached hydrogens (tertiary/aromatic N) is 6. The molecular weight excluding hydrogens is 488 g/mol. The third-order valence-corrected chi connectivity index (χ3v) is 7.19. The van der Waals surface area contributed by atoms with Crippen molar-refractivity contribution in [2.45, 2.75) is 25.3 Å². The minimum atomic E-state index is -0.0104. The second kappa shape index (κ2) is 10.8. The molecule has 33 heavy (non-hydrogen) atoms. The average Bonchev–Trinajstić information content (AvgIpc) is 3.32. The lowest BCUT2D eigenvalue weighted by atomic mass is 9.94. The van der Waals surface area contributed by atoms with Crippen molar-refractivity contribution in [1.82, 2.24) is 29.7 Å². The Morgan fingerprint density at radius 2 is 1.91 bits per heavy atom. The molecule has 1 atom stereocenters. The average molecular weight is 521 g/mol. The number of ether oxygens (including phenoxy) is 2. The molecule has 1 unspecified atom stereocenters. The molecule has 0 N–H and O–H groups in total. The van der Waals surface area contributed by atoms with Crippen LogP contribution >= 0.6 is 15.9 Å². The lowest BCUT2D eigenvalue weighted by molar-refractivity contribution is 0.0705. The Labute approximate surface area is 203 Å². The van der Waals surface area contributed by atoms with Crippen LogP contribution in [-0.4, -0.2) is 103 Å². The number of carbonyl (C=O) groups excluding carboxylic acids is 1. The molecule has 0 bridgehead atoms. The van der Waals surface area contributed by atoms with Crippen LogP contribution in [0.15, 0.2) is 22.8 Å². The molecule has 2 aliphatic heterocycles. The van der Waals surface area contributed by atoms with Crippen LogP contribution in [0.1, 0.15) is 34.8 Å². The van der Waals surface area contributed by atoms with Crippen LogP contribution < -0.4 is 9.47 Å². The maximum absolute atomic E-state index is 13.3. The highest BCUT2D eigenvalue weighted by atomic mass is 79.9. The summed E-state index contributed by atoms with van der Waals surface area (Å²) >= 11 is 3.49. The van der Waals surface area contributed by atoms with E-state index < -0.39 is 0 Å². The summed E-state index contributed by atoms with van der Waals surface area (Å²) in [5.74, 6) is 1.30. The highest BCUT2D eigenvalue weighted by Crippen LogP contribution is 2.37. The number of aromatic nitrogens is 3. The summed E-state index contributed by atoms with van der Waals surface area (Å²) in [6.45, 7) is 7.64. The highest BCUT2D eigenvalue weighted by Gasteiger charge is 2.28. The fourth-order valence-electron chi connectivity index (χ4n) is 4.55. The lowest BCUT2D eigenvalue weighted by Gasteiger charge is -2.32. The van der Waals surface area contributed by atoms with Gasteiger partial charge in [0.05, 0.1) is 30.9 Å². The van der Waals surface area contributed by atoms with Crippen molar-refractivity contribution in [3.63, 3.8) is 0 Å². The molecule has 2 aliphatic rings. The molecule has 2 saturated heterocycles. The number of halogens is 1. The molecule has 1 amide bonds. The quantitative estimate of drug-likeness (QED) is 0.554. The number of rotatable bonds is 7. The van der Waals surface area contributed by atoms with E-state index in [1.165, 1.54) is 0 Å². The predicted molar refractivity (Wildman–Crippen MR) is 129 cm³/mol. The smallest absolute Gasteiger partial charge is 0.254 e. The largest absolute Gasteiger partial charge is 0.493 e. The lowest BCUT2D eigenvalue weighted by Crippen LogP contribution is -2.45. The van der Waals surface area contributed by atoms with Gasteiger partial charge in [0, 0.05) is 63.5 Å². The summed E-state index contributed by atoms with van der Waals surface area (Å²) in [6.07, 6.45) is 4.01. The topological polar surface area (TPSA) is 76.0 Å². The second-order valence-electron chi connectivity index (χ2n) is 8.84. The van der Waals surface area contributed by atoms with Gasteiger partial charge in [0.15, 0.2) is 11.5 Å². The monoisotopic (exact) mass is 520 g/mol. The Morgan fingerprint density at radius 1 is 1.12 bits per heavy atom. The molecular formula is C23H33BrN6O3. The first kappa shape index (κ1) is 24.0.